The fourth-order valence-corrected chi connectivity index (χ4v) is 2.47. The molecule has 3 heterocycles. The van der Waals surface area contributed by atoms with Gasteiger partial charge in [0.05, 0.1) is 13.7 Å². The highest BCUT2D eigenvalue weighted by Crippen LogP contribution is 2.27. The Hall–Kier alpha value is -3.62. The summed E-state index contributed by atoms with van der Waals surface area (Å²) in [6.07, 6.45) is 1.52. The van der Waals surface area contributed by atoms with Gasteiger partial charge in [-0.3, -0.25) is 0 Å². The maximum Gasteiger partial charge on any atom is 0.356 e. The highest BCUT2D eigenvalue weighted by molar-refractivity contribution is 5.89. The molecule has 3 aromatic heterocycles. The molecule has 0 saturated heterocycles. The number of nitrogens with zero attached hydrogens (tertiary/aromatic N) is 6. The Bertz CT molecular complexity index is 1100. The van der Waals surface area contributed by atoms with Crippen molar-refractivity contribution >= 4 is 17.1 Å². The molecule has 26 heavy (non-hydrogen) atoms. The molecule has 0 fully saturated rings. The first-order valence-electron chi connectivity index (χ1n) is 7.92. The third-order valence-electron chi connectivity index (χ3n) is 3.65. The second kappa shape index (κ2) is 6.36. The number of oxazole rings is 1. The molecular weight excluding hydrogens is 336 g/mol. The van der Waals surface area contributed by atoms with Gasteiger partial charge >= 0.3 is 5.97 Å². The molecule has 130 valence electrons. The Labute approximate surface area is 147 Å². The Balaban J connectivity index is 1.71. The molecule has 0 amide bonds. The van der Waals surface area contributed by atoms with E-state index in [0.717, 1.165) is 5.56 Å². The van der Waals surface area contributed by atoms with Gasteiger partial charge in [0.15, 0.2) is 5.58 Å². The summed E-state index contributed by atoms with van der Waals surface area (Å²) in [4.78, 5) is 21.8. The van der Waals surface area contributed by atoms with Crippen LogP contribution in [0.3, 0.4) is 0 Å². The van der Waals surface area contributed by atoms with Crippen molar-refractivity contribution in [2.75, 3.05) is 6.61 Å². The normalized spacial score (nSPS) is 11.0. The lowest BCUT2D eigenvalue weighted by Crippen LogP contribution is -2.06. The van der Waals surface area contributed by atoms with Crippen molar-refractivity contribution in [3.63, 3.8) is 0 Å². The lowest BCUT2D eigenvalue weighted by Gasteiger charge is -2.01. The van der Waals surface area contributed by atoms with Crippen molar-refractivity contribution in [2.24, 2.45) is 7.05 Å². The van der Waals surface area contributed by atoms with Crippen LogP contribution in [0, 0.1) is 0 Å². The van der Waals surface area contributed by atoms with Crippen molar-refractivity contribution in [1.82, 2.24) is 30.2 Å². The molecule has 0 unspecified atom stereocenters. The van der Waals surface area contributed by atoms with Gasteiger partial charge in [-0.05, 0) is 42.5 Å². The first-order valence-corrected chi connectivity index (χ1v) is 7.92. The molecule has 0 aliphatic rings. The number of carbonyl (C=O) groups is 1. The van der Waals surface area contributed by atoms with Gasteiger partial charge < -0.3 is 9.15 Å². The minimum Gasteiger partial charge on any atom is -0.461 e. The standard InChI is InChI=1S/C17H14N6O3/c1-3-25-17(24)13-9-11(6-7-18-13)16-19-12-8-10(4-5-14(12)26-16)15-20-22-23(2)21-15/h4-9H,3H2,1-2H3. The summed E-state index contributed by atoms with van der Waals surface area (Å²) in [5.41, 5.74) is 2.89. The first-order chi connectivity index (χ1) is 12.6. The number of esters is 1. The largest absolute Gasteiger partial charge is 0.461 e. The van der Waals surface area contributed by atoms with E-state index >= 15 is 0 Å². The zero-order valence-corrected chi connectivity index (χ0v) is 14.1. The van der Waals surface area contributed by atoms with E-state index in [4.69, 9.17) is 9.15 Å². The molecule has 0 saturated carbocycles. The van der Waals surface area contributed by atoms with Crippen LogP contribution in [-0.2, 0) is 11.8 Å². The van der Waals surface area contributed by atoms with Gasteiger partial charge in [0.1, 0.15) is 11.2 Å². The average molecular weight is 350 g/mol. The second-order valence-electron chi connectivity index (χ2n) is 5.45. The van der Waals surface area contributed by atoms with E-state index in [-0.39, 0.29) is 12.3 Å². The van der Waals surface area contributed by atoms with Crippen LogP contribution in [0.5, 0.6) is 0 Å². The number of benzene rings is 1. The summed E-state index contributed by atoms with van der Waals surface area (Å²) < 4.78 is 10.8. The summed E-state index contributed by atoms with van der Waals surface area (Å²) in [6.45, 7) is 2.03. The van der Waals surface area contributed by atoms with Crippen molar-refractivity contribution in [3.8, 4) is 22.8 Å². The summed E-state index contributed by atoms with van der Waals surface area (Å²) in [7, 11) is 1.70. The van der Waals surface area contributed by atoms with Crippen LogP contribution >= 0.6 is 0 Å². The van der Waals surface area contributed by atoms with Crippen LogP contribution < -0.4 is 0 Å². The van der Waals surface area contributed by atoms with Crippen LogP contribution in [0.15, 0.2) is 40.9 Å². The minimum absolute atomic E-state index is 0.205. The van der Waals surface area contributed by atoms with Crippen molar-refractivity contribution in [3.05, 3.63) is 42.2 Å². The van der Waals surface area contributed by atoms with Crippen LogP contribution in [0.25, 0.3) is 33.9 Å². The summed E-state index contributed by atoms with van der Waals surface area (Å²) in [5, 5.41) is 12.0. The number of hydrogen-bond donors (Lipinski definition) is 0. The number of ether oxygens (including phenoxy) is 1. The number of rotatable bonds is 4. The van der Waals surface area contributed by atoms with Crippen molar-refractivity contribution in [1.29, 1.82) is 0 Å². The number of aromatic nitrogens is 6. The molecule has 4 aromatic rings. The van der Waals surface area contributed by atoms with E-state index < -0.39 is 5.97 Å². The van der Waals surface area contributed by atoms with E-state index in [0.29, 0.717) is 28.4 Å². The Morgan fingerprint density at radius 3 is 2.88 bits per heavy atom. The Morgan fingerprint density at radius 1 is 1.23 bits per heavy atom. The highest BCUT2D eigenvalue weighted by Gasteiger charge is 2.14. The molecule has 0 radical (unpaired) electrons. The van der Waals surface area contributed by atoms with E-state index in [1.54, 1.807) is 32.2 Å². The lowest BCUT2D eigenvalue weighted by atomic mass is 10.2. The van der Waals surface area contributed by atoms with E-state index in [2.05, 4.69) is 25.4 Å². The van der Waals surface area contributed by atoms with Crippen LogP contribution in [-0.4, -0.2) is 42.8 Å². The molecule has 0 bridgehead atoms. The quantitative estimate of drug-likeness (QED) is 0.516. The third-order valence-corrected chi connectivity index (χ3v) is 3.65. The minimum atomic E-state index is -0.485. The van der Waals surface area contributed by atoms with Crippen LogP contribution in [0.2, 0.25) is 0 Å². The fourth-order valence-electron chi connectivity index (χ4n) is 2.47. The van der Waals surface area contributed by atoms with E-state index in [1.165, 1.54) is 11.0 Å². The molecule has 0 aliphatic heterocycles. The van der Waals surface area contributed by atoms with Gasteiger partial charge in [-0.2, -0.15) is 4.80 Å². The lowest BCUT2D eigenvalue weighted by molar-refractivity contribution is 0.0519. The average Bonchev–Trinajstić information content (AvgIpc) is 3.27. The molecule has 9 heteroatoms. The molecule has 0 spiro atoms. The zero-order valence-electron chi connectivity index (χ0n) is 14.1. The maximum absolute atomic E-state index is 11.8. The molecule has 9 nitrogen and oxygen atoms in total. The van der Waals surface area contributed by atoms with Gasteiger partial charge in [0.2, 0.25) is 11.7 Å². The van der Waals surface area contributed by atoms with E-state index in [1.807, 2.05) is 12.1 Å². The molecular formula is C17H14N6O3. The molecule has 1 aromatic carbocycles. The summed E-state index contributed by atoms with van der Waals surface area (Å²) in [6, 6.07) is 8.77. The van der Waals surface area contributed by atoms with Gasteiger partial charge in [-0.25, -0.2) is 14.8 Å². The van der Waals surface area contributed by atoms with Gasteiger partial charge in [0.25, 0.3) is 0 Å². The maximum atomic E-state index is 11.8. The second-order valence-corrected chi connectivity index (χ2v) is 5.45. The van der Waals surface area contributed by atoms with Gasteiger partial charge in [-0.15, -0.1) is 10.2 Å². The smallest absolute Gasteiger partial charge is 0.356 e. The zero-order chi connectivity index (χ0) is 18.1. The number of pyridine rings is 1. The summed E-state index contributed by atoms with van der Waals surface area (Å²) in [5.74, 6) is 0.408. The van der Waals surface area contributed by atoms with Crippen LogP contribution in [0.1, 0.15) is 17.4 Å². The topological polar surface area (TPSA) is 109 Å². The number of aryl methyl sites for hydroxylation is 1. The highest BCUT2D eigenvalue weighted by atomic mass is 16.5. The summed E-state index contributed by atoms with van der Waals surface area (Å²) >= 11 is 0. The van der Waals surface area contributed by atoms with Crippen LogP contribution in [0.4, 0.5) is 0 Å². The fraction of sp³-hybridized carbons (Fsp3) is 0.176. The Kier molecular flexibility index (Phi) is 3.88. The molecule has 0 atom stereocenters. The number of hydrogen-bond acceptors (Lipinski definition) is 8. The number of carbonyl (C=O) groups excluding carboxylic acids is 1. The monoisotopic (exact) mass is 350 g/mol. The predicted molar refractivity (Wildman–Crippen MR) is 91.0 cm³/mol. The molecule has 0 aliphatic carbocycles. The van der Waals surface area contributed by atoms with Crippen molar-refractivity contribution < 1.29 is 13.9 Å². The number of fused-ring (bicyclic) bond motifs is 1. The van der Waals surface area contributed by atoms with E-state index in [9.17, 15) is 4.79 Å². The SMILES string of the molecule is CCOC(=O)c1cc(-c2nc3cc(-c4nnn(C)n4)ccc3o2)ccn1. The third kappa shape index (κ3) is 2.90. The Morgan fingerprint density at radius 2 is 2.12 bits per heavy atom. The van der Waals surface area contributed by atoms with Gasteiger partial charge in [0, 0.05) is 17.3 Å². The first kappa shape index (κ1) is 15.9. The van der Waals surface area contributed by atoms with Gasteiger partial charge in [-0.1, -0.05) is 0 Å². The number of tetrazole rings is 1. The molecule has 0 N–H and O–H groups in total. The molecule has 4 rings (SSSR count). The predicted octanol–water partition coefficient (Wildman–Crippen LogP) is 2.26. The van der Waals surface area contributed by atoms with Crippen molar-refractivity contribution in [2.45, 2.75) is 6.92 Å².